The van der Waals surface area contributed by atoms with Gasteiger partial charge in [0, 0.05) is 48.3 Å². The first-order valence-electron chi connectivity index (χ1n) is 13.4. The van der Waals surface area contributed by atoms with Crippen molar-refractivity contribution in [2.75, 3.05) is 26.2 Å². The number of nitrogens with zero attached hydrogens (tertiary/aromatic N) is 3. The number of ether oxygens (including phenoxy) is 1. The van der Waals surface area contributed by atoms with E-state index in [4.69, 9.17) is 20.8 Å². The van der Waals surface area contributed by atoms with Crippen LogP contribution in [-0.2, 0) is 29.0 Å². The average molecular weight is 549 g/mol. The van der Waals surface area contributed by atoms with Gasteiger partial charge in [0.2, 0.25) is 5.89 Å². The summed E-state index contributed by atoms with van der Waals surface area (Å²) in [5.74, 6) is -0.0357. The van der Waals surface area contributed by atoms with E-state index in [9.17, 15) is 9.59 Å². The molecule has 2 aromatic heterocycles. The summed E-state index contributed by atoms with van der Waals surface area (Å²) in [6.07, 6.45) is 5.51. The van der Waals surface area contributed by atoms with Gasteiger partial charge in [0.05, 0.1) is 19.1 Å². The van der Waals surface area contributed by atoms with Gasteiger partial charge in [0.15, 0.2) is 5.69 Å². The Morgan fingerprint density at radius 1 is 1.10 bits per heavy atom. The maximum atomic E-state index is 13.1. The number of piperidine rings is 1. The zero-order valence-electron chi connectivity index (χ0n) is 22.1. The third-order valence-electron chi connectivity index (χ3n) is 7.26. The number of fused-ring (bicyclic) bond motifs is 1. The van der Waals surface area contributed by atoms with Crippen molar-refractivity contribution in [2.45, 2.75) is 39.3 Å². The van der Waals surface area contributed by atoms with Crippen LogP contribution in [0, 0.1) is 5.92 Å². The van der Waals surface area contributed by atoms with Gasteiger partial charge in [-0.1, -0.05) is 48.0 Å². The van der Waals surface area contributed by atoms with Crippen LogP contribution in [0.3, 0.4) is 0 Å². The molecule has 2 aromatic carbocycles. The minimum Gasteiger partial charge on any atom is -0.466 e. The molecule has 8 nitrogen and oxygen atoms in total. The van der Waals surface area contributed by atoms with Crippen LogP contribution in [0.1, 0.15) is 47.3 Å². The Morgan fingerprint density at radius 3 is 2.67 bits per heavy atom. The summed E-state index contributed by atoms with van der Waals surface area (Å²) in [4.78, 5) is 37.0. The number of esters is 1. The normalized spacial score (nSPS) is 14.3. The molecular weight excluding hydrogens is 516 g/mol. The minimum absolute atomic E-state index is 0.155. The van der Waals surface area contributed by atoms with E-state index in [2.05, 4.69) is 33.2 Å². The molecule has 0 bridgehead atoms. The number of benzene rings is 2. The topological polar surface area (TPSA) is 91.7 Å². The van der Waals surface area contributed by atoms with Crippen molar-refractivity contribution < 1.29 is 18.7 Å². The van der Waals surface area contributed by atoms with Gasteiger partial charge < -0.3 is 19.0 Å². The van der Waals surface area contributed by atoms with E-state index >= 15 is 0 Å². The summed E-state index contributed by atoms with van der Waals surface area (Å²) in [7, 11) is 0. The molecule has 1 aliphatic heterocycles. The molecule has 1 fully saturated rings. The van der Waals surface area contributed by atoms with Gasteiger partial charge in [0.25, 0.3) is 5.91 Å². The van der Waals surface area contributed by atoms with Gasteiger partial charge in [-0.05, 0) is 49.4 Å². The van der Waals surface area contributed by atoms with E-state index < -0.39 is 0 Å². The van der Waals surface area contributed by atoms with Gasteiger partial charge in [-0.15, -0.1) is 0 Å². The predicted molar refractivity (Wildman–Crippen MR) is 149 cm³/mol. The Bertz CT molecular complexity index is 1420. The SMILES string of the molecule is CCOC(=O)C1CCN(C(=O)c2coc(CN(CCc3c[nH]c4ccccc34)Cc3ccccc3Cl)n2)CC1. The molecule has 1 saturated heterocycles. The van der Waals surface area contributed by atoms with Gasteiger partial charge >= 0.3 is 5.97 Å². The fourth-order valence-corrected chi connectivity index (χ4v) is 5.31. The fourth-order valence-electron chi connectivity index (χ4n) is 5.11. The number of hydrogen-bond acceptors (Lipinski definition) is 6. The largest absolute Gasteiger partial charge is 0.466 e. The number of carbonyl (C=O) groups is 2. The number of carbonyl (C=O) groups excluding carboxylic acids is 2. The van der Waals surface area contributed by atoms with E-state index in [1.807, 2.05) is 36.4 Å². The molecule has 0 aliphatic carbocycles. The van der Waals surface area contributed by atoms with Crippen molar-refractivity contribution in [3.63, 3.8) is 0 Å². The smallest absolute Gasteiger partial charge is 0.309 e. The Labute approximate surface area is 232 Å². The standard InChI is InChI=1S/C30H33ClN4O4/c1-2-38-30(37)21-12-15-35(16-13-21)29(36)27-20-39-28(33-27)19-34(18-23-7-3-5-9-25(23)31)14-11-22-17-32-26-10-6-4-8-24(22)26/h3-10,17,20-21,32H,2,11-16,18-19H2,1H3. The highest BCUT2D eigenvalue weighted by Crippen LogP contribution is 2.23. The van der Waals surface area contributed by atoms with Crippen LogP contribution in [0.15, 0.2) is 65.4 Å². The number of oxazole rings is 1. The zero-order valence-corrected chi connectivity index (χ0v) is 22.8. The van der Waals surface area contributed by atoms with Crippen LogP contribution in [0.4, 0.5) is 0 Å². The summed E-state index contributed by atoms with van der Waals surface area (Å²) < 4.78 is 10.9. The summed E-state index contributed by atoms with van der Waals surface area (Å²) in [5.41, 5.74) is 3.66. The van der Waals surface area contributed by atoms with Crippen molar-refractivity contribution in [3.8, 4) is 0 Å². The minimum atomic E-state index is -0.181. The molecule has 3 heterocycles. The Morgan fingerprint density at radius 2 is 1.87 bits per heavy atom. The molecular formula is C30H33ClN4O4. The molecule has 1 N–H and O–H groups in total. The lowest BCUT2D eigenvalue weighted by Gasteiger charge is -2.30. The van der Waals surface area contributed by atoms with Crippen LogP contribution in [0.5, 0.6) is 0 Å². The van der Waals surface area contributed by atoms with E-state index in [1.165, 1.54) is 17.2 Å². The molecule has 5 rings (SSSR count). The number of nitrogens with one attached hydrogen (secondary N) is 1. The van der Waals surface area contributed by atoms with Gasteiger partial charge in [-0.2, -0.15) is 0 Å². The maximum Gasteiger partial charge on any atom is 0.309 e. The lowest BCUT2D eigenvalue weighted by molar-refractivity contribution is -0.149. The van der Waals surface area contributed by atoms with E-state index in [1.54, 1.807) is 11.8 Å². The number of rotatable bonds is 10. The molecule has 4 aromatic rings. The van der Waals surface area contributed by atoms with Crippen LogP contribution < -0.4 is 0 Å². The lowest BCUT2D eigenvalue weighted by Crippen LogP contribution is -2.40. The molecule has 0 spiro atoms. The van der Waals surface area contributed by atoms with Crippen molar-refractivity contribution in [1.29, 1.82) is 0 Å². The third kappa shape index (κ3) is 6.52. The quantitative estimate of drug-likeness (QED) is 0.264. The number of aromatic nitrogens is 2. The highest BCUT2D eigenvalue weighted by atomic mass is 35.5. The van der Waals surface area contributed by atoms with Gasteiger partial charge in [-0.25, -0.2) is 4.98 Å². The summed E-state index contributed by atoms with van der Waals surface area (Å²) in [5, 5.41) is 1.93. The zero-order chi connectivity index (χ0) is 27.2. The summed E-state index contributed by atoms with van der Waals surface area (Å²) in [6, 6.07) is 16.1. The number of hydrogen-bond donors (Lipinski definition) is 1. The first-order chi connectivity index (χ1) is 19.0. The van der Waals surface area contributed by atoms with Crippen LogP contribution in [-0.4, -0.2) is 57.9 Å². The van der Waals surface area contributed by atoms with Gasteiger partial charge in [0.1, 0.15) is 6.26 Å². The number of amides is 1. The second-order valence-electron chi connectivity index (χ2n) is 9.86. The third-order valence-corrected chi connectivity index (χ3v) is 7.62. The second kappa shape index (κ2) is 12.5. The Kier molecular flexibility index (Phi) is 8.64. The van der Waals surface area contributed by atoms with Gasteiger partial charge in [-0.3, -0.25) is 14.5 Å². The van der Waals surface area contributed by atoms with Crippen molar-refractivity contribution >= 4 is 34.4 Å². The predicted octanol–water partition coefficient (Wildman–Crippen LogP) is 5.47. The number of halogens is 1. The molecule has 0 atom stereocenters. The first kappa shape index (κ1) is 27.0. The molecule has 39 heavy (non-hydrogen) atoms. The molecule has 0 unspecified atom stereocenters. The number of likely N-dealkylation sites (tertiary alicyclic amines) is 1. The second-order valence-corrected chi connectivity index (χ2v) is 10.3. The summed E-state index contributed by atoms with van der Waals surface area (Å²) in [6.45, 7) is 4.97. The van der Waals surface area contributed by atoms with Crippen molar-refractivity contribution in [2.24, 2.45) is 5.92 Å². The Balaban J connectivity index is 1.25. The van der Waals surface area contributed by atoms with E-state index in [0.29, 0.717) is 56.5 Å². The van der Waals surface area contributed by atoms with Crippen LogP contribution >= 0.6 is 11.6 Å². The highest BCUT2D eigenvalue weighted by Gasteiger charge is 2.30. The average Bonchev–Trinajstić information content (AvgIpc) is 3.60. The molecule has 204 valence electrons. The number of para-hydroxylation sites is 1. The number of aromatic amines is 1. The molecule has 0 radical (unpaired) electrons. The van der Waals surface area contributed by atoms with Crippen LogP contribution in [0.2, 0.25) is 5.02 Å². The summed E-state index contributed by atoms with van der Waals surface area (Å²) >= 11 is 6.48. The molecule has 1 aliphatic rings. The van der Waals surface area contributed by atoms with Crippen LogP contribution in [0.25, 0.3) is 10.9 Å². The maximum absolute atomic E-state index is 13.1. The monoisotopic (exact) mass is 548 g/mol. The Hall–Kier alpha value is -3.62. The number of H-pyrrole nitrogens is 1. The first-order valence-corrected chi connectivity index (χ1v) is 13.8. The van der Waals surface area contributed by atoms with E-state index in [0.717, 1.165) is 24.0 Å². The molecule has 0 saturated carbocycles. The van der Waals surface area contributed by atoms with Crippen molar-refractivity contribution in [1.82, 2.24) is 19.8 Å². The molecule has 9 heteroatoms. The molecule has 1 amide bonds. The lowest BCUT2D eigenvalue weighted by atomic mass is 9.97. The van der Waals surface area contributed by atoms with Crippen molar-refractivity contribution in [3.05, 3.63) is 88.7 Å². The fraction of sp³-hybridized carbons (Fsp3) is 0.367. The highest BCUT2D eigenvalue weighted by molar-refractivity contribution is 6.31. The van der Waals surface area contributed by atoms with E-state index in [-0.39, 0.29) is 23.5 Å².